The molecule has 0 fully saturated rings. The molecule has 0 bridgehead atoms. The molecule has 0 spiro atoms. The Morgan fingerprint density at radius 1 is 1.31 bits per heavy atom. The van der Waals surface area contributed by atoms with Gasteiger partial charge in [0.1, 0.15) is 5.75 Å². The minimum atomic E-state index is 0.801. The average molecular weight is 302 g/mol. The molecule has 0 heterocycles. The van der Waals surface area contributed by atoms with E-state index in [-0.39, 0.29) is 0 Å². The fourth-order valence-corrected chi connectivity index (χ4v) is 2.90. The van der Waals surface area contributed by atoms with E-state index >= 15 is 0 Å². The summed E-state index contributed by atoms with van der Waals surface area (Å²) in [6.07, 6.45) is 3.41. The van der Waals surface area contributed by atoms with Crippen molar-refractivity contribution in [3.8, 4) is 5.75 Å². The van der Waals surface area contributed by atoms with Crippen LogP contribution in [0.15, 0.2) is 16.6 Å². The molecule has 1 aliphatic rings. The molecule has 0 amide bonds. The molecule has 0 N–H and O–H groups in total. The van der Waals surface area contributed by atoms with Gasteiger partial charge in [-0.05, 0) is 53.9 Å². The van der Waals surface area contributed by atoms with Crippen molar-refractivity contribution in [3.05, 3.63) is 32.8 Å². The summed E-state index contributed by atoms with van der Waals surface area (Å²) in [5, 5.41) is 0.801. The van der Waals surface area contributed by atoms with Gasteiger partial charge in [-0.2, -0.15) is 0 Å². The zero-order valence-corrected chi connectivity index (χ0v) is 11.8. The van der Waals surface area contributed by atoms with E-state index in [1.54, 1.807) is 7.11 Å². The second-order valence-corrected chi connectivity index (χ2v) is 5.40. The normalized spacial score (nSPS) is 15.8. The monoisotopic (exact) mass is 300 g/mol. The number of halogens is 2. The van der Waals surface area contributed by atoms with Crippen molar-refractivity contribution in [1.82, 2.24) is 0 Å². The highest BCUT2D eigenvalue weighted by atomic mass is 79.9. The molecule has 0 unspecified atom stereocenters. The molecular formula is C13H14BrClO. The highest BCUT2D eigenvalue weighted by Gasteiger charge is 2.18. The average Bonchev–Trinajstić information content (AvgIpc) is 2.68. The van der Waals surface area contributed by atoms with Crippen LogP contribution in [-0.2, 0) is 0 Å². The second-order valence-electron chi connectivity index (χ2n) is 4.04. The lowest BCUT2D eigenvalue weighted by Gasteiger charge is -2.12. The first-order valence-electron chi connectivity index (χ1n) is 5.35. The zero-order chi connectivity index (χ0) is 11.7. The van der Waals surface area contributed by atoms with Crippen molar-refractivity contribution in [2.24, 2.45) is 0 Å². The fraction of sp³-hybridized carbons (Fsp3) is 0.385. The molecule has 1 aliphatic carbocycles. The molecule has 3 heteroatoms. The van der Waals surface area contributed by atoms with Gasteiger partial charge in [0, 0.05) is 10.6 Å². The maximum atomic E-state index is 6.18. The smallest absolute Gasteiger partial charge is 0.126 e. The molecule has 1 aromatic rings. The van der Waals surface area contributed by atoms with E-state index in [1.165, 1.54) is 16.5 Å². The number of allylic oxidation sites excluding steroid dienone is 2. The van der Waals surface area contributed by atoms with E-state index in [0.717, 1.165) is 34.7 Å². The quantitative estimate of drug-likeness (QED) is 0.751. The van der Waals surface area contributed by atoms with Crippen LogP contribution in [0, 0.1) is 6.92 Å². The van der Waals surface area contributed by atoms with Crippen LogP contribution in [0.25, 0.3) is 5.57 Å². The summed E-state index contributed by atoms with van der Waals surface area (Å²) in [5.41, 5.74) is 3.51. The Bertz CT molecular complexity index is 451. The summed E-state index contributed by atoms with van der Waals surface area (Å²) < 4.78 is 6.71. The number of methoxy groups -OCH3 is 1. The van der Waals surface area contributed by atoms with Gasteiger partial charge in [0.2, 0.25) is 0 Å². The Morgan fingerprint density at radius 2 is 2.06 bits per heavy atom. The van der Waals surface area contributed by atoms with Crippen molar-refractivity contribution in [2.45, 2.75) is 26.2 Å². The van der Waals surface area contributed by atoms with Crippen LogP contribution in [0.3, 0.4) is 0 Å². The van der Waals surface area contributed by atoms with E-state index in [9.17, 15) is 0 Å². The van der Waals surface area contributed by atoms with Gasteiger partial charge >= 0.3 is 0 Å². The molecule has 0 radical (unpaired) electrons. The third-order valence-electron chi connectivity index (χ3n) is 2.96. The van der Waals surface area contributed by atoms with Gasteiger partial charge in [0.25, 0.3) is 0 Å². The van der Waals surface area contributed by atoms with Crippen LogP contribution in [0.4, 0.5) is 0 Å². The number of ether oxygens (including phenoxy) is 1. The van der Waals surface area contributed by atoms with E-state index in [2.05, 4.69) is 15.9 Å². The maximum Gasteiger partial charge on any atom is 0.126 e. The van der Waals surface area contributed by atoms with Gasteiger partial charge in [0.05, 0.1) is 7.11 Å². The summed E-state index contributed by atoms with van der Waals surface area (Å²) in [5.74, 6) is 0.913. The van der Waals surface area contributed by atoms with E-state index in [0.29, 0.717) is 0 Å². The van der Waals surface area contributed by atoms with E-state index in [1.807, 2.05) is 19.1 Å². The summed E-state index contributed by atoms with van der Waals surface area (Å²) in [4.78, 5) is 0. The van der Waals surface area contributed by atoms with E-state index in [4.69, 9.17) is 16.3 Å². The third-order valence-corrected chi connectivity index (χ3v) is 4.24. The highest BCUT2D eigenvalue weighted by Crippen LogP contribution is 2.42. The van der Waals surface area contributed by atoms with Crippen molar-refractivity contribution in [3.63, 3.8) is 0 Å². The molecule has 1 aromatic carbocycles. The first kappa shape index (κ1) is 12.0. The lowest BCUT2D eigenvalue weighted by Crippen LogP contribution is -1.93. The molecule has 0 saturated heterocycles. The Labute approximate surface area is 110 Å². The fourth-order valence-electron chi connectivity index (χ4n) is 2.05. The molecule has 0 aromatic heterocycles. The highest BCUT2D eigenvalue weighted by molar-refractivity contribution is 9.11. The van der Waals surface area contributed by atoms with Crippen molar-refractivity contribution < 1.29 is 4.74 Å². The summed E-state index contributed by atoms with van der Waals surface area (Å²) in [6, 6.07) is 4.01. The molecule has 86 valence electrons. The minimum absolute atomic E-state index is 0.801. The predicted octanol–water partition coefficient (Wildman–Crippen LogP) is 4.95. The van der Waals surface area contributed by atoms with Crippen LogP contribution >= 0.6 is 27.5 Å². The summed E-state index contributed by atoms with van der Waals surface area (Å²) in [6.45, 7) is 1.99. The van der Waals surface area contributed by atoms with Gasteiger partial charge in [-0.25, -0.2) is 0 Å². The number of hydrogen-bond acceptors (Lipinski definition) is 1. The molecule has 0 aliphatic heterocycles. The van der Waals surface area contributed by atoms with E-state index < -0.39 is 0 Å². The van der Waals surface area contributed by atoms with Crippen LogP contribution in [-0.4, -0.2) is 7.11 Å². The van der Waals surface area contributed by atoms with Crippen molar-refractivity contribution >= 4 is 33.1 Å². The predicted molar refractivity (Wildman–Crippen MR) is 72.4 cm³/mol. The van der Waals surface area contributed by atoms with Gasteiger partial charge in [0.15, 0.2) is 0 Å². The van der Waals surface area contributed by atoms with Gasteiger partial charge < -0.3 is 4.74 Å². The Balaban J connectivity index is 2.55. The largest absolute Gasteiger partial charge is 0.496 e. The number of rotatable bonds is 2. The number of aryl methyl sites for hydroxylation is 1. The first-order chi connectivity index (χ1) is 7.63. The second kappa shape index (κ2) is 4.80. The van der Waals surface area contributed by atoms with Crippen molar-refractivity contribution in [1.29, 1.82) is 0 Å². The zero-order valence-electron chi connectivity index (χ0n) is 9.44. The van der Waals surface area contributed by atoms with Crippen molar-refractivity contribution in [2.75, 3.05) is 7.11 Å². The number of hydrogen-bond donors (Lipinski definition) is 0. The number of benzene rings is 1. The molecule has 1 nitrogen and oxygen atoms in total. The lowest BCUT2D eigenvalue weighted by molar-refractivity contribution is 0.413. The van der Waals surface area contributed by atoms with Crippen LogP contribution in [0.1, 0.15) is 30.4 Å². The van der Waals surface area contributed by atoms with Gasteiger partial charge in [-0.15, -0.1) is 0 Å². The minimum Gasteiger partial charge on any atom is -0.496 e. The lowest BCUT2D eigenvalue weighted by atomic mass is 10.0. The summed E-state index contributed by atoms with van der Waals surface area (Å²) in [7, 11) is 1.70. The topological polar surface area (TPSA) is 9.23 Å². The molecule has 16 heavy (non-hydrogen) atoms. The maximum absolute atomic E-state index is 6.18. The molecular weight excluding hydrogens is 287 g/mol. The Kier molecular flexibility index (Phi) is 3.60. The Morgan fingerprint density at radius 3 is 2.62 bits per heavy atom. The molecule has 0 saturated carbocycles. The van der Waals surface area contributed by atoms with Gasteiger partial charge in [-0.1, -0.05) is 27.5 Å². The summed E-state index contributed by atoms with van der Waals surface area (Å²) >= 11 is 9.80. The van der Waals surface area contributed by atoms with Crippen LogP contribution in [0.2, 0.25) is 5.02 Å². The van der Waals surface area contributed by atoms with Crippen LogP contribution < -0.4 is 4.74 Å². The Hall–Kier alpha value is -0.470. The SMILES string of the molecule is COc1cc(C)c(Cl)cc1C1=C(Br)CCC1. The van der Waals surface area contributed by atoms with Crippen LogP contribution in [0.5, 0.6) is 5.75 Å². The first-order valence-corrected chi connectivity index (χ1v) is 6.52. The molecule has 0 atom stereocenters. The molecule has 2 rings (SSSR count). The van der Waals surface area contributed by atoms with Gasteiger partial charge in [-0.3, -0.25) is 0 Å². The standard InChI is InChI=1S/C13H14BrClO/c1-8-6-13(16-2)10(7-12(8)15)9-4-3-5-11(9)14/h6-7H,3-5H2,1-2H3. The third kappa shape index (κ3) is 2.14.